The molecule has 0 N–H and O–H groups in total. The fourth-order valence-corrected chi connectivity index (χ4v) is 3.91. The monoisotopic (exact) mass is 371 g/mol. The van der Waals surface area contributed by atoms with Crippen molar-refractivity contribution >= 4 is 17.4 Å². The Balaban J connectivity index is 1.61. The molecule has 4 rings (SSSR count). The first-order valence-corrected chi connectivity index (χ1v) is 9.83. The van der Waals surface area contributed by atoms with E-state index in [-0.39, 0.29) is 5.91 Å². The molecule has 1 aliphatic rings. The van der Waals surface area contributed by atoms with E-state index in [1.165, 1.54) is 11.3 Å². The third kappa shape index (κ3) is 3.50. The largest absolute Gasteiger partial charge is 0.335 e. The summed E-state index contributed by atoms with van der Waals surface area (Å²) in [4.78, 5) is 21.8. The van der Waals surface area contributed by atoms with E-state index >= 15 is 0 Å². The molecular weight excluding hydrogens is 346 g/mol. The number of hydrogen-bond acceptors (Lipinski definition) is 3. The minimum absolute atomic E-state index is 0.0372. The lowest BCUT2D eigenvalue weighted by Crippen LogP contribution is -2.31. The number of nitrogens with zero attached hydrogens (tertiary/aromatic N) is 3. The van der Waals surface area contributed by atoms with Crippen molar-refractivity contribution in [1.29, 1.82) is 0 Å². The van der Waals surface area contributed by atoms with Crippen LogP contribution in [-0.4, -0.2) is 28.4 Å². The number of rotatable bonds is 5. The Morgan fingerprint density at radius 2 is 1.86 bits per heavy atom. The van der Waals surface area contributed by atoms with Gasteiger partial charge in [-0.05, 0) is 49.6 Å². The van der Waals surface area contributed by atoms with Crippen LogP contribution in [0.15, 0.2) is 72.9 Å². The number of benzene rings is 2. The lowest BCUT2D eigenvalue weighted by Gasteiger charge is -2.25. The zero-order chi connectivity index (χ0) is 19.5. The highest BCUT2D eigenvalue weighted by molar-refractivity contribution is 5.95. The summed E-state index contributed by atoms with van der Waals surface area (Å²) in [6.07, 6.45) is 2.73. The number of aromatic nitrogens is 1. The first kappa shape index (κ1) is 18.2. The van der Waals surface area contributed by atoms with Gasteiger partial charge in [-0.1, -0.05) is 48.5 Å². The number of anilines is 2. The molecule has 0 fully saturated rings. The molecule has 1 unspecified atom stereocenters. The number of fused-ring (bicyclic) bond motifs is 1. The minimum Gasteiger partial charge on any atom is -0.335 e. The van der Waals surface area contributed by atoms with E-state index in [0.717, 1.165) is 17.8 Å². The molecule has 3 aromatic rings. The Hall–Kier alpha value is -3.14. The minimum atomic E-state index is 0.0372. The van der Waals surface area contributed by atoms with Crippen LogP contribution < -0.4 is 4.90 Å². The van der Waals surface area contributed by atoms with E-state index in [2.05, 4.69) is 53.2 Å². The van der Waals surface area contributed by atoms with Crippen LogP contribution in [0, 0.1) is 0 Å². The van der Waals surface area contributed by atoms with Crippen molar-refractivity contribution in [3.63, 3.8) is 0 Å². The third-order valence-corrected chi connectivity index (χ3v) is 5.33. The predicted molar refractivity (Wildman–Crippen MR) is 113 cm³/mol. The number of carbonyl (C=O) groups is 1. The molecule has 28 heavy (non-hydrogen) atoms. The summed E-state index contributed by atoms with van der Waals surface area (Å²) in [6.45, 7) is 5.48. The Morgan fingerprint density at radius 1 is 1.11 bits per heavy atom. The van der Waals surface area contributed by atoms with Gasteiger partial charge in [0.1, 0.15) is 5.82 Å². The lowest BCUT2D eigenvalue weighted by atomic mass is 10.1. The second-order valence-corrected chi connectivity index (χ2v) is 7.26. The molecule has 0 radical (unpaired) electrons. The van der Waals surface area contributed by atoms with Crippen LogP contribution in [0.25, 0.3) is 0 Å². The normalized spacial score (nSPS) is 15.4. The van der Waals surface area contributed by atoms with Gasteiger partial charge < -0.3 is 9.80 Å². The summed E-state index contributed by atoms with van der Waals surface area (Å²) in [5.74, 6) is 0.870. The Labute approximate surface area is 166 Å². The molecule has 4 nitrogen and oxygen atoms in total. The molecular formula is C24H25N3O. The zero-order valence-electron chi connectivity index (χ0n) is 16.4. The Bertz CT molecular complexity index is 970. The van der Waals surface area contributed by atoms with Crippen LogP contribution >= 0.6 is 0 Å². The molecule has 4 heteroatoms. The third-order valence-electron chi connectivity index (χ3n) is 5.33. The van der Waals surface area contributed by atoms with Crippen LogP contribution in [-0.2, 0) is 13.0 Å². The van der Waals surface area contributed by atoms with Crippen LogP contribution in [0.1, 0.15) is 35.3 Å². The van der Waals surface area contributed by atoms with Crippen LogP contribution in [0.3, 0.4) is 0 Å². The molecule has 1 atom stereocenters. The fourth-order valence-electron chi connectivity index (χ4n) is 3.91. The second kappa shape index (κ2) is 7.85. The maximum Gasteiger partial charge on any atom is 0.254 e. The van der Waals surface area contributed by atoms with E-state index in [1.807, 2.05) is 42.2 Å². The van der Waals surface area contributed by atoms with Gasteiger partial charge in [0.2, 0.25) is 0 Å². The van der Waals surface area contributed by atoms with Crippen molar-refractivity contribution in [3.8, 4) is 0 Å². The van der Waals surface area contributed by atoms with Crippen molar-refractivity contribution in [1.82, 2.24) is 9.88 Å². The van der Waals surface area contributed by atoms with Gasteiger partial charge in [-0.2, -0.15) is 0 Å². The molecule has 1 amide bonds. The molecule has 0 bridgehead atoms. The molecule has 1 aromatic heterocycles. The van der Waals surface area contributed by atoms with Crippen molar-refractivity contribution < 1.29 is 4.79 Å². The topological polar surface area (TPSA) is 36.4 Å². The summed E-state index contributed by atoms with van der Waals surface area (Å²) < 4.78 is 0. The van der Waals surface area contributed by atoms with Crippen LogP contribution in [0.4, 0.5) is 11.5 Å². The molecule has 2 aromatic carbocycles. The van der Waals surface area contributed by atoms with Gasteiger partial charge in [-0.3, -0.25) is 4.79 Å². The van der Waals surface area contributed by atoms with Gasteiger partial charge >= 0.3 is 0 Å². The van der Waals surface area contributed by atoms with Crippen molar-refractivity contribution in [2.75, 3.05) is 11.4 Å². The molecule has 0 aliphatic carbocycles. The van der Waals surface area contributed by atoms with E-state index in [1.54, 1.807) is 6.20 Å². The summed E-state index contributed by atoms with van der Waals surface area (Å²) in [7, 11) is 0. The smallest absolute Gasteiger partial charge is 0.254 e. The molecule has 1 aliphatic heterocycles. The number of amides is 1. The first-order valence-electron chi connectivity index (χ1n) is 9.83. The SMILES string of the molecule is CCN(Cc1ccccc1)C(=O)c1ccnc(N2c3ccccc3CC2C)c1. The van der Waals surface area contributed by atoms with Crippen LogP contribution in [0.5, 0.6) is 0 Å². The predicted octanol–water partition coefficient (Wildman–Crippen LogP) is 4.83. The van der Waals surface area contributed by atoms with E-state index in [0.29, 0.717) is 24.7 Å². The number of hydrogen-bond donors (Lipinski definition) is 0. The Morgan fingerprint density at radius 3 is 2.64 bits per heavy atom. The quantitative estimate of drug-likeness (QED) is 0.645. The summed E-state index contributed by atoms with van der Waals surface area (Å²) in [5.41, 5.74) is 4.32. The zero-order valence-corrected chi connectivity index (χ0v) is 16.4. The number of pyridine rings is 1. The molecule has 0 saturated heterocycles. The van der Waals surface area contributed by atoms with Gasteiger partial charge in [0.05, 0.1) is 0 Å². The Kier molecular flexibility index (Phi) is 5.11. The number of carbonyl (C=O) groups excluding carboxylic acids is 1. The van der Waals surface area contributed by atoms with Crippen molar-refractivity contribution in [3.05, 3.63) is 89.6 Å². The van der Waals surface area contributed by atoms with Crippen molar-refractivity contribution in [2.45, 2.75) is 32.9 Å². The van der Waals surface area contributed by atoms with Gasteiger partial charge in [0, 0.05) is 36.6 Å². The van der Waals surface area contributed by atoms with E-state index in [4.69, 9.17) is 0 Å². The summed E-state index contributed by atoms with van der Waals surface area (Å²) >= 11 is 0. The molecule has 0 saturated carbocycles. The standard InChI is InChI=1S/C24H25N3O/c1-3-26(17-19-9-5-4-6-10-19)24(28)21-13-14-25-23(16-21)27-18(2)15-20-11-7-8-12-22(20)27/h4-14,16,18H,3,15,17H2,1-2H3. The van der Waals surface area contributed by atoms with Gasteiger partial charge in [-0.25, -0.2) is 4.98 Å². The van der Waals surface area contributed by atoms with Crippen molar-refractivity contribution in [2.24, 2.45) is 0 Å². The van der Waals surface area contributed by atoms with Gasteiger partial charge in [-0.15, -0.1) is 0 Å². The highest BCUT2D eigenvalue weighted by atomic mass is 16.2. The number of para-hydroxylation sites is 1. The van der Waals surface area contributed by atoms with E-state index < -0.39 is 0 Å². The summed E-state index contributed by atoms with van der Waals surface area (Å²) in [5, 5.41) is 0. The average molecular weight is 371 g/mol. The highest BCUT2D eigenvalue weighted by Crippen LogP contribution is 2.37. The maximum atomic E-state index is 13.2. The van der Waals surface area contributed by atoms with Crippen LogP contribution in [0.2, 0.25) is 0 Å². The second-order valence-electron chi connectivity index (χ2n) is 7.26. The first-order chi connectivity index (χ1) is 13.7. The molecule has 0 spiro atoms. The van der Waals surface area contributed by atoms with Gasteiger partial charge in [0.25, 0.3) is 5.91 Å². The molecule has 2 heterocycles. The maximum absolute atomic E-state index is 13.2. The van der Waals surface area contributed by atoms with E-state index in [9.17, 15) is 4.79 Å². The lowest BCUT2D eigenvalue weighted by molar-refractivity contribution is 0.0752. The summed E-state index contributed by atoms with van der Waals surface area (Å²) in [6, 6.07) is 22.6. The molecule has 142 valence electrons. The fraction of sp³-hybridized carbons (Fsp3) is 0.250. The average Bonchev–Trinajstić information content (AvgIpc) is 3.08. The van der Waals surface area contributed by atoms with Gasteiger partial charge in [0.15, 0.2) is 0 Å². The highest BCUT2D eigenvalue weighted by Gasteiger charge is 2.28.